The second-order valence-corrected chi connectivity index (χ2v) is 5.89. The Morgan fingerprint density at radius 3 is 2.38 bits per heavy atom. The number of amides is 2. The number of hydrogen-bond acceptors (Lipinski definition) is 6. The molecule has 1 rings (SSSR count). The van der Waals surface area contributed by atoms with Gasteiger partial charge in [0.1, 0.15) is 11.4 Å². The standard InChI is InChI=1S/C16H23N3O5/c1-6-10-8-11(18-13(20)14(21)23-7-2)9-17-12(10)19-15(22)24-16(3,4)5/h8-9H,6-7H2,1-5H3,(H,18,20)(H,17,19,22). The van der Waals surface area contributed by atoms with E-state index in [1.54, 1.807) is 33.8 Å². The Labute approximate surface area is 140 Å². The maximum absolute atomic E-state index is 11.8. The van der Waals surface area contributed by atoms with Gasteiger partial charge in [0.05, 0.1) is 18.5 Å². The smallest absolute Gasteiger partial charge is 0.413 e. The van der Waals surface area contributed by atoms with Crippen LogP contribution in [0.3, 0.4) is 0 Å². The van der Waals surface area contributed by atoms with E-state index < -0.39 is 23.6 Å². The number of pyridine rings is 1. The number of carbonyl (C=O) groups is 3. The van der Waals surface area contributed by atoms with Crippen molar-refractivity contribution in [3.63, 3.8) is 0 Å². The number of nitrogens with zero attached hydrogens (tertiary/aromatic N) is 1. The quantitative estimate of drug-likeness (QED) is 0.646. The first-order chi connectivity index (χ1) is 11.2. The Hall–Kier alpha value is -2.64. The highest BCUT2D eigenvalue weighted by Gasteiger charge is 2.19. The summed E-state index contributed by atoms with van der Waals surface area (Å²) in [6, 6.07) is 1.62. The Kier molecular flexibility index (Phi) is 6.69. The summed E-state index contributed by atoms with van der Waals surface area (Å²) >= 11 is 0. The molecule has 0 aliphatic carbocycles. The largest absolute Gasteiger partial charge is 0.459 e. The van der Waals surface area contributed by atoms with Crippen molar-refractivity contribution in [2.75, 3.05) is 17.2 Å². The van der Waals surface area contributed by atoms with Crippen LogP contribution in [0.1, 0.15) is 40.2 Å². The molecule has 0 saturated heterocycles. The van der Waals surface area contributed by atoms with E-state index in [9.17, 15) is 14.4 Å². The first-order valence-electron chi connectivity index (χ1n) is 7.63. The molecule has 1 aromatic heterocycles. The maximum Gasteiger partial charge on any atom is 0.413 e. The van der Waals surface area contributed by atoms with Crippen LogP contribution in [0.5, 0.6) is 0 Å². The van der Waals surface area contributed by atoms with Crippen LogP contribution in [-0.2, 0) is 25.5 Å². The van der Waals surface area contributed by atoms with Gasteiger partial charge in [0.15, 0.2) is 0 Å². The fourth-order valence-electron chi connectivity index (χ4n) is 1.74. The van der Waals surface area contributed by atoms with Crippen LogP contribution in [0.4, 0.5) is 16.3 Å². The lowest BCUT2D eigenvalue weighted by atomic mass is 10.2. The molecule has 1 aromatic rings. The van der Waals surface area contributed by atoms with Crippen LogP contribution in [-0.4, -0.2) is 35.2 Å². The summed E-state index contributed by atoms with van der Waals surface area (Å²) in [7, 11) is 0. The predicted octanol–water partition coefficient (Wildman–Crippen LogP) is 2.49. The van der Waals surface area contributed by atoms with Crippen molar-refractivity contribution >= 4 is 29.5 Å². The van der Waals surface area contributed by atoms with Crippen molar-refractivity contribution in [3.05, 3.63) is 17.8 Å². The molecule has 0 aliphatic rings. The summed E-state index contributed by atoms with van der Waals surface area (Å²) in [5.74, 6) is -1.51. The average Bonchev–Trinajstić information content (AvgIpc) is 2.47. The van der Waals surface area contributed by atoms with Gasteiger partial charge < -0.3 is 14.8 Å². The molecule has 0 unspecified atom stereocenters. The summed E-state index contributed by atoms with van der Waals surface area (Å²) < 4.78 is 9.78. The van der Waals surface area contributed by atoms with Gasteiger partial charge in [0.2, 0.25) is 0 Å². The third-order valence-corrected chi connectivity index (χ3v) is 2.69. The van der Waals surface area contributed by atoms with E-state index in [1.807, 2.05) is 6.92 Å². The number of hydrogen-bond donors (Lipinski definition) is 2. The molecule has 0 saturated carbocycles. The Balaban J connectivity index is 2.83. The minimum absolute atomic E-state index is 0.115. The van der Waals surface area contributed by atoms with Gasteiger partial charge in [-0.2, -0.15) is 0 Å². The molecular weight excluding hydrogens is 314 g/mol. The lowest BCUT2D eigenvalue weighted by Crippen LogP contribution is -2.28. The zero-order valence-electron chi connectivity index (χ0n) is 14.6. The van der Waals surface area contributed by atoms with Gasteiger partial charge >= 0.3 is 18.0 Å². The lowest BCUT2D eigenvalue weighted by molar-refractivity contribution is -0.152. The fourth-order valence-corrected chi connectivity index (χ4v) is 1.74. The number of ether oxygens (including phenoxy) is 2. The molecule has 2 amide bonds. The molecular formula is C16H23N3O5. The summed E-state index contributed by atoms with van der Waals surface area (Å²) in [6.07, 6.45) is 1.28. The van der Waals surface area contributed by atoms with Gasteiger partial charge in [-0.25, -0.2) is 14.6 Å². The molecule has 0 fully saturated rings. The number of esters is 1. The van der Waals surface area contributed by atoms with Gasteiger partial charge in [0.25, 0.3) is 0 Å². The van der Waals surface area contributed by atoms with Crippen molar-refractivity contribution in [2.45, 2.75) is 46.6 Å². The Morgan fingerprint density at radius 1 is 1.17 bits per heavy atom. The highest BCUT2D eigenvalue weighted by atomic mass is 16.6. The monoisotopic (exact) mass is 337 g/mol. The molecule has 0 atom stereocenters. The molecule has 0 aromatic carbocycles. The van der Waals surface area contributed by atoms with E-state index in [0.717, 1.165) is 0 Å². The van der Waals surface area contributed by atoms with Gasteiger partial charge in [-0.1, -0.05) is 6.92 Å². The van der Waals surface area contributed by atoms with Gasteiger partial charge in [0, 0.05) is 0 Å². The summed E-state index contributed by atoms with van der Waals surface area (Å²) in [5.41, 5.74) is 0.395. The van der Waals surface area contributed by atoms with Crippen LogP contribution >= 0.6 is 0 Å². The van der Waals surface area contributed by atoms with Gasteiger partial charge in [-0.05, 0) is 45.7 Å². The summed E-state index contributed by atoms with van der Waals surface area (Å²) in [4.78, 5) is 38.9. The Morgan fingerprint density at radius 2 is 1.83 bits per heavy atom. The van der Waals surface area contributed by atoms with Crippen molar-refractivity contribution in [1.29, 1.82) is 0 Å². The number of anilines is 2. The normalized spacial score (nSPS) is 10.7. The van der Waals surface area contributed by atoms with E-state index >= 15 is 0 Å². The minimum Gasteiger partial charge on any atom is -0.459 e. The first-order valence-corrected chi connectivity index (χ1v) is 7.63. The second kappa shape index (κ2) is 8.28. The molecule has 24 heavy (non-hydrogen) atoms. The van der Waals surface area contributed by atoms with Crippen molar-refractivity contribution in [3.8, 4) is 0 Å². The van der Waals surface area contributed by atoms with Crippen LogP contribution < -0.4 is 10.6 Å². The average molecular weight is 337 g/mol. The number of nitrogens with one attached hydrogen (secondary N) is 2. The predicted molar refractivity (Wildman–Crippen MR) is 88.7 cm³/mol. The molecule has 8 nitrogen and oxygen atoms in total. The highest BCUT2D eigenvalue weighted by Crippen LogP contribution is 2.19. The molecule has 1 heterocycles. The van der Waals surface area contributed by atoms with E-state index in [2.05, 4.69) is 20.4 Å². The minimum atomic E-state index is -0.966. The van der Waals surface area contributed by atoms with Crippen molar-refractivity contribution in [2.24, 2.45) is 0 Å². The molecule has 132 valence electrons. The summed E-state index contributed by atoms with van der Waals surface area (Å²) in [5, 5.41) is 4.97. The first kappa shape index (κ1) is 19.4. The van der Waals surface area contributed by atoms with Gasteiger partial charge in [-0.15, -0.1) is 0 Å². The van der Waals surface area contributed by atoms with Crippen molar-refractivity contribution in [1.82, 2.24) is 4.98 Å². The Bertz CT molecular complexity index is 623. The molecule has 0 aliphatic heterocycles. The fraction of sp³-hybridized carbons (Fsp3) is 0.500. The van der Waals surface area contributed by atoms with E-state index in [1.165, 1.54) is 6.20 Å². The van der Waals surface area contributed by atoms with Gasteiger partial charge in [-0.3, -0.25) is 10.1 Å². The number of carbonyl (C=O) groups excluding carboxylic acids is 3. The topological polar surface area (TPSA) is 107 Å². The van der Waals surface area contributed by atoms with Crippen LogP contribution in [0.2, 0.25) is 0 Å². The van der Waals surface area contributed by atoms with Crippen LogP contribution in [0.25, 0.3) is 0 Å². The molecule has 2 N–H and O–H groups in total. The zero-order valence-corrected chi connectivity index (χ0v) is 14.6. The molecule has 8 heteroatoms. The van der Waals surface area contributed by atoms with E-state index in [4.69, 9.17) is 4.74 Å². The number of aryl methyl sites for hydroxylation is 1. The third-order valence-electron chi connectivity index (χ3n) is 2.69. The number of rotatable bonds is 4. The second-order valence-electron chi connectivity index (χ2n) is 5.89. The highest BCUT2D eigenvalue weighted by molar-refractivity contribution is 6.37. The van der Waals surface area contributed by atoms with Crippen LogP contribution in [0.15, 0.2) is 12.3 Å². The summed E-state index contributed by atoms with van der Waals surface area (Å²) in [6.45, 7) is 8.87. The SMILES string of the molecule is CCOC(=O)C(=O)Nc1cnc(NC(=O)OC(C)(C)C)c(CC)c1. The molecule has 0 bridgehead atoms. The van der Waals surface area contributed by atoms with Crippen molar-refractivity contribution < 1.29 is 23.9 Å². The number of aromatic nitrogens is 1. The van der Waals surface area contributed by atoms with E-state index in [-0.39, 0.29) is 6.61 Å². The zero-order chi connectivity index (χ0) is 18.3. The third kappa shape index (κ3) is 6.23. The maximum atomic E-state index is 11.8. The molecule has 0 radical (unpaired) electrons. The van der Waals surface area contributed by atoms with Crippen LogP contribution in [0, 0.1) is 0 Å². The van der Waals surface area contributed by atoms with E-state index in [0.29, 0.717) is 23.5 Å². The lowest BCUT2D eigenvalue weighted by Gasteiger charge is -2.20. The molecule has 0 spiro atoms.